The van der Waals surface area contributed by atoms with Gasteiger partial charge in [0.1, 0.15) is 0 Å². The van der Waals surface area contributed by atoms with Crippen molar-refractivity contribution in [1.29, 1.82) is 0 Å². The third-order valence-corrected chi connectivity index (χ3v) is 7.30. The predicted molar refractivity (Wildman–Crippen MR) is 124 cm³/mol. The van der Waals surface area contributed by atoms with Crippen molar-refractivity contribution < 1.29 is 19.4 Å². The van der Waals surface area contributed by atoms with Crippen LogP contribution >= 0.6 is 11.6 Å². The molecular weight excluding hydrogens is 442 g/mol. The van der Waals surface area contributed by atoms with Gasteiger partial charge in [-0.05, 0) is 48.6 Å². The Morgan fingerprint density at radius 2 is 1.88 bits per heavy atom. The smallest absolute Gasteiger partial charge is 0.254 e. The standard InChI is InChI=1S/C25H28ClN3O4/c26-21-9-16(25(32)29-18-6-7-19(29)14-33-13-18)5-8-20(21)24(31)28-12-23(30)22-10-15-3-1-2-4-17(15)11-27-22/h1-5,8-9,18-19,22-23,27,30H,6-7,10-14H2,(H,28,31). The van der Waals surface area contributed by atoms with Crippen LogP contribution in [0, 0.1) is 0 Å². The Kier molecular flexibility index (Phi) is 6.38. The van der Waals surface area contributed by atoms with Crippen molar-refractivity contribution in [3.63, 3.8) is 0 Å². The fourth-order valence-electron chi connectivity index (χ4n) is 5.13. The first kappa shape index (κ1) is 22.3. The van der Waals surface area contributed by atoms with Crippen LogP contribution < -0.4 is 10.6 Å². The van der Waals surface area contributed by atoms with Crippen molar-refractivity contribution in [3.05, 3.63) is 69.7 Å². The summed E-state index contributed by atoms with van der Waals surface area (Å²) in [5.41, 5.74) is 3.20. The Labute approximate surface area is 198 Å². The quantitative estimate of drug-likeness (QED) is 0.624. The zero-order valence-corrected chi connectivity index (χ0v) is 19.1. The monoisotopic (exact) mass is 469 g/mol. The molecule has 2 aromatic rings. The Bertz CT molecular complexity index is 1050. The van der Waals surface area contributed by atoms with Crippen molar-refractivity contribution >= 4 is 23.4 Å². The number of benzene rings is 2. The molecule has 0 aliphatic carbocycles. The summed E-state index contributed by atoms with van der Waals surface area (Å²) in [4.78, 5) is 27.7. The van der Waals surface area contributed by atoms with Crippen LogP contribution in [0.25, 0.3) is 0 Å². The molecule has 3 aliphatic rings. The maximum absolute atomic E-state index is 13.0. The van der Waals surface area contributed by atoms with Gasteiger partial charge in [-0.25, -0.2) is 0 Å². The lowest BCUT2D eigenvalue weighted by Crippen LogP contribution is -2.49. The van der Waals surface area contributed by atoms with Gasteiger partial charge in [-0.2, -0.15) is 0 Å². The van der Waals surface area contributed by atoms with E-state index in [0.717, 1.165) is 12.8 Å². The second-order valence-electron chi connectivity index (χ2n) is 9.07. The summed E-state index contributed by atoms with van der Waals surface area (Å²) in [5, 5.41) is 16.9. The molecule has 4 atom stereocenters. The van der Waals surface area contributed by atoms with Crippen molar-refractivity contribution in [2.24, 2.45) is 0 Å². The van der Waals surface area contributed by atoms with E-state index in [2.05, 4.69) is 22.8 Å². The third-order valence-electron chi connectivity index (χ3n) is 6.98. The number of nitrogens with one attached hydrogen (secondary N) is 2. The molecule has 4 unspecified atom stereocenters. The molecule has 33 heavy (non-hydrogen) atoms. The zero-order valence-electron chi connectivity index (χ0n) is 18.3. The molecule has 174 valence electrons. The maximum Gasteiger partial charge on any atom is 0.254 e. The summed E-state index contributed by atoms with van der Waals surface area (Å²) < 4.78 is 5.56. The van der Waals surface area contributed by atoms with Crippen LogP contribution in [0.4, 0.5) is 0 Å². The highest BCUT2D eigenvalue weighted by atomic mass is 35.5. The second-order valence-corrected chi connectivity index (χ2v) is 9.47. The van der Waals surface area contributed by atoms with Gasteiger partial charge in [-0.3, -0.25) is 9.59 Å². The molecule has 8 heteroatoms. The van der Waals surface area contributed by atoms with E-state index in [0.29, 0.717) is 31.7 Å². The average molecular weight is 470 g/mol. The highest BCUT2D eigenvalue weighted by Gasteiger charge is 2.40. The molecule has 0 aromatic heterocycles. The molecule has 5 rings (SSSR count). The molecule has 3 aliphatic heterocycles. The Hall–Kier alpha value is -2.45. The van der Waals surface area contributed by atoms with Gasteiger partial charge in [-0.1, -0.05) is 35.9 Å². The van der Waals surface area contributed by atoms with Crippen LogP contribution in [0.1, 0.15) is 44.7 Å². The lowest BCUT2D eigenvalue weighted by atomic mass is 9.93. The number of ether oxygens (including phenoxy) is 1. The van der Waals surface area contributed by atoms with Gasteiger partial charge < -0.3 is 25.4 Å². The summed E-state index contributed by atoms with van der Waals surface area (Å²) >= 11 is 6.38. The summed E-state index contributed by atoms with van der Waals surface area (Å²) in [7, 11) is 0. The van der Waals surface area contributed by atoms with Crippen molar-refractivity contribution in [2.45, 2.75) is 50.0 Å². The van der Waals surface area contributed by atoms with Gasteiger partial charge in [0.05, 0.1) is 42.0 Å². The fraction of sp³-hybridized carbons (Fsp3) is 0.440. The number of halogens is 1. The summed E-state index contributed by atoms with van der Waals surface area (Å²) in [6, 6.07) is 13.0. The molecule has 2 amide bonds. The highest BCUT2D eigenvalue weighted by Crippen LogP contribution is 2.31. The fourth-order valence-corrected chi connectivity index (χ4v) is 5.39. The van der Waals surface area contributed by atoms with Gasteiger partial charge in [0.25, 0.3) is 11.8 Å². The summed E-state index contributed by atoms with van der Waals surface area (Å²) in [5.74, 6) is -0.445. The van der Waals surface area contributed by atoms with Crippen molar-refractivity contribution in [3.8, 4) is 0 Å². The average Bonchev–Trinajstić information content (AvgIpc) is 3.09. The molecule has 2 bridgehead atoms. The van der Waals surface area contributed by atoms with Gasteiger partial charge in [0.15, 0.2) is 0 Å². The van der Waals surface area contributed by atoms with Crippen molar-refractivity contribution in [2.75, 3.05) is 19.8 Å². The molecule has 0 spiro atoms. The van der Waals surface area contributed by atoms with Gasteiger partial charge in [0.2, 0.25) is 0 Å². The number of hydrogen-bond donors (Lipinski definition) is 3. The Morgan fingerprint density at radius 1 is 1.15 bits per heavy atom. The number of fused-ring (bicyclic) bond motifs is 3. The molecule has 2 fully saturated rings. The lowest BCUT2D eigenvalue weighted by molar-refractivity contribution is -0.00716. The molecule has 0 radical (unpaired) electrons. The van der Waals surface area contributed by atoms with Crippen LogP contribution in [-0.2, 0) is 17.7 Å². The Morgan fingerprint density at radius 3 is 2.61 bits per heavy atom. The largest absolute Gasteiger partial charge is 0.390 e. The number of morpholine rings is 1. The number of carbonyl (C=O) groups is 2. The van der Waals surface area contributed by atoms with E-state index in [1.54, 1.807) is 18.2 Å². The number of aliphatic hydroxyl groups is 1. The number of nitrogens with zero attached hydrogens (tertiary/aromatic N) is 1. The van der Waals surface area contributed by atoms with Crippen LogP contribution in [0.2, 0.25) is 5.02 Å². The topological polar surface area (TPSA) is 90.9 Å². The normalized spacial score (nSPS) is 24.8. The number of amides is 2. The number of rotatable bonds is 5. The van der Waals surface area contributed by atoms with Crippen molar-refractivity contribution in [1.82, 2.24) is 15.5 Å². The van der Waals surface area contributed by atoms with E-state index in [-0.39, 0.29) is 47.1 Å². The molecule has 2 saturated heterocycles. The lowest BCUT2D eigenvalue weighted by Gasteiger charge is -2.34. The van der Waals surface area contributed by atoms with E-state index < -0.39 is 6.10 Å². The molecule has 2 aromatic carbocycles. The minimum atomic E-state index is -0.737. The predicted octanol–water partition coefficient (Wildman–Crippen LogP) is 2.15. The van der Waals surface area contributed by atoms with Crippen LogP contribution in [-0.4, -0.2) is 65.8 Å². The number of hydrogen-bond acceptors (Lipinski definition) is 5. The molecular formula is C25H28ClN3O4. The molecule has 0 saturated carbocycles. The number of carbonyl (C=O) groups excluding carboxylic acids is 2. The van der Waals surface area contributed by atoms with E-state index in [4.69, 9.17) is 16.3 Å². The maximum atomic E-state index is 13.0. The van der Waals surface area contributed by atoms with E-state index in [9.17, 15) is 14.7 Å². The van der Waals surface area contributed by atoms with Crippen LogP contribution in [0.5, 0.6) is 0 Å². The minimum absolute atomic E-state index is 0.0706. The minimum Gasteiger partial charge on any atom is -0.390 e. The first-order valence-corrected chi connectivity index (χ1v) is 11.9. The van der Waals surface area contributed by atoms with Gasteiger partial charge >= 0.3 is 0 Å². The van der Waals surface area contributed by atoms with Crippen LogP contribution in [0.3, 0.4) is 0 Å². The summed E-state index contributed by atoms with van der Waals surface area (Å²) in [6.07, 6.45) is 1.87. The Balaban J connectivity index is 1.19. The molecule has 7 nitrogen and oxygen atoms in total. The van der Waals surface area contributed by atoms with Gasteiger partial charge in [0, 0.05) is 24.7 Å². The van der Waals surface area contributed by atoms with E-state index in [1.165, 1.54) is 11.1 Å². The first-order chi connectivity index (χ1) is 16.0. The van der Waals surface area contributed by atoms with E-state index >= 15 is 0 Å². The van der Waals surface area contributed by atoms with Crippen LogP contribution in [0.15, 0.2) is 42.5 Å². The first-order valence-electron chi connectivity index (χ1n) is 11.5. The zero-order chi connectivity index (χ0) is 22.9. The highest BCUT2D eigenvalue weighted by molar-refractivity contribution is 6.34. The third kappa shape index (κ3) is 4.51. The summed E-state index contributed by atoms with van der Waals surface area (Å²) in [6.45, 7) is 1.94. The van der Waals surface area contributed by atoms with E-state index in [1.807, 2.05) is 17.0 Å². The molecule has 3 N–H and O–H groups in total. The second kappa shape index (κ2) is 9.43. The molecule has 3 heterocycles. The SMILES string of the molecule is O=C(NCC(O)C1Cc2ccccc2CN1)c1ccc(C(=O)N2C3CCC2COC3)cc1Cl. The van der Waals surface area contributed by atoms with Gasteiger partial charge in [-0.15, -0.1) is 0 Å². The number of aliphatic hydroxyl groups excluding tert-OH is 1.